The number of aryl methyl sites for hydroxylation is 2. The Bertz CT molecular complexity index is 691. The Morgan fingerprint density at radius 1 is 1.05 bits per heavy atom. The topological polar surface area (TPSA) is 83.5 Å². The van der Waals surface area contributed by atoms with Crippen molar-refractivity contribution in [2.45, 2.75) is 13.8 Å². The Hall–Kier alpha value is -3.02. The van der Waals surface area contributed by atoms with Gasteiger partial charge in [0.15, 0.2) is 0 Å². The van der Waals surface area contributed by atoms with Crippen molar-refractivity contribution in [2.75, 3.05) is 5.32 Å². The van der Waals surface area contributed by atoms with Crippen LogP contribution in [0.25, 0.3) is 0 Å². The number of nitrogens with zero attached hydrogens (tertiary/aromatic N) is 2. The number of anilines is 1. The van der Waals surface area contributed by atoms with Crippen LogP contribution < -0.4 is 10.7 Å². The summed E-state index contributed by atoms with van der Waals surface area (Å²) >= 11 is 0. The average molecular weight is 296 g/mol. The van der Waals surface area contributed by atoms with Crippen LogP contribution in [-0.4, -0.2) is 23.0 Å². The van der Waals surface area contributed by atoms with Gasteiger partial charge in [-0.05, 0) is 54.8 Å². The summed E-state index contributed by atoms with van der Waals surface area (Å²) in [5.41, 5.74) is 5.54. The smallest absolute Gasteiger partial charge is 0.318 e. The van der Waals surface area contributed by atoms with Gasteiger partial charge in [-0.3, -0.25) is 14.6 Å². The molecule has 2 amide bonds. The van der Waals surface area contributed by atoms with E-state index in [0.29, 0.717) is 5.69 Å². The van der Waals surface area contributed by atoms with Gasteiger partial charge in [-0.2, -0.15) is 5.10 Å². The van der Waals surface area contributed by atoms with Gasteiger partial charge in [0.05, 0.1) is 6.21 Å². The molecular weight excluding hydrogens is 280 g/mol. The summed E-state index contributed by atoms with van der Waals surface area (Å²) in [5, 5.41) is 6.26. The van der Waals surface area contributed by atoms with Gasteiger partial charge < -0.3 is 5.32 Å². The van der Waals surface area contributed by atoms with E-state index in [-0.39, 0.29) is 0 Å². The molecule has 0 saturated heterocycles. The first-order valence-electron chi connectivity index (χ1n) is 6.67. The molecule has 0 aliphatic carbocycles. The molecule has 112 valence electrons. The van der Waals surface area contributed by atoms with Crippen molar-refractivity contribution in [2.24, 2.45) is 5.10 Å². The fraction of sp³-hybridized carbons (Fsp3) is 0.125. The van der Waals surface area contributed by atoms with E-state index in [4.69, 9.17) is 0 Å². The molecule has 0 bridgehead atoms. The summed E-state index contributed by atoms with van der Waals surface area (Å²) in [5.74, 6) is -1.60. The summed E-state index contributed by atoms with van der Waals surface area (Å²) in [7, 11) is 0. The Labute approximate surface area is 128 Å². The normalized spacial score (nSPS) is 10.5. The number of pyridine rings is 1. The standard InChI is InChI=1S/C16H16N4O2/c1-11-7-12(2)9-14(8-11)19-15(21)16(22)20-18-10-13-3-5-17-6-4-13/h3-10H,1-2H3,(H,19,21)(H,20,22)/b18-10-. The fourth-order valence-corrected chi connectivity index (χ4v) is 1.90. The second-order valence-electron chi connectivity index (χ2n) is 4.81. The predicted octanol–water partition coefficient (Wildman–Crippen LogP) is 1.79. The number of hydrazone groups is 1. The molecule has 1 heterocycles. The minimum absolute atomic E-state index is 0.579. The average Bonchev–Trinajstić information content (AvgIpc) is 2.47. The zero-order valence-corrected chi connectivity index (χ0v) is 12.3. The van der Waals surface area contributed by atoms with Gasteiger partial charge in [-0.15, -0.1) is 0 Å². The van der Waals surface area contributed by atoms with Crippen LogP contribution in [0.4, 0.5) is 5.69 Å². The van der Waals surface area contributed by atoms with Crippen LogP contribution in [0.5, 0.6) is 0 Å². The molecule has 1 aromatic carbocycles. The number of hydrogen-bond donors (Lipinski definition) is 2. The number of hydrogen-bond acceptors (Lipinski definition) is 4. The number of aromatic nitrogens is 1. The van der Waals surface area contributed by atoms with E-state index in [9.17, 15) is 9.59 Å². The van der Waals surface area contributed by atoms with Gasteiger partial charge in [-0.1, -0.05) is 6.07 Å². The van der Waals surface area contributed by atoms with Gasteiger partial charge in [0.25, 0.3) is 0 Å². The van der Waals surface area contributed by atoms with Gasteiger partial charge in [-0.25, -0.2) is 5.43 Å². The highest BCUT2D eigenvalue weighted by atomic mass is 16.2. The SMILES string of the molecule is Cc1cc(C)cc(NC(=O)C(=O)N/N=C\c2ccncc2)c1. The molecule has 22 heavy (non-hydrogen) atoms. The first-order valence-corrected chi connectivity index (χ1v) is 6.67. The third-order valence-corrected chi connectivity index (χ3v) is 2.77. The molecule has 0 atom stereocenters. The monoisotopic (exact) mass is 296 g/mol. The van der Waals surface area contributed by atoms with E-state index < -0.39 is 11.8 Å². The molecule has 2 aromatic rings. The summed E-state index contributed by atoms with van der Waals surface area (Å²) in [6, 6.07) is 9.02. The van der Waals surface area contributed by atoms with Crippen molar-refractivity contribution in [3.63, 3.8) is 0 Å². The molecule has 6 heteroatoms. The predicted molar refractivity (Wildman–Crippen MR) is 84.5 cm³/mol. The third-order valence-electron chi connectivity index (χ3n) is 2.77. The molecule has 0 aliphatic heterocycles. The lowest BCUT2D eigenvalue weighted by Crippen LogP contribution is -2.32. The molecule has 1 aromatic heterocycles. The van der Waals surface area contributed by atoms with Crippen LogP contribution in [-0.2, 0) is 9.59 Å². The fourth-order valence-electron chi connectivity index (χ4n) is 1.90. The van der Waals surface area contributed by atoms with Crippen molar-refractivity contribution in [3.8, 4) is 0 Å². The van der Waals surface area contributed by atoms with Crippen LogP contribution in [0, 0.1) is 13.8 Å². The lowest BCUT2D eigenvalue weighted by atomic mass is 10.1. The molecule has 2 N–H and O–H groups in total. The minimum Gasteiger partial charge on any atom is -0.318 e. The highest BCUT2D eigenvalue weighted by molar-refractivity contribution is 6.39. The van der Waals surface area contributed by atoms with Gasteiger partial charge >= 0.3 is 11.8 Å². The quantitative estimate of drug-likeness (QED) is 0.514. The third kappa shape index (κ3) is 4.52. The maximum absolute atomic E-state index is 11.8. The van der Waals surface area contributed by atoms with Gasteiger partial charge in [0.2, 0.25) is 0 Å². The highest BCUT2D eigenvalue weighted by Gasteiger charge is 2.13. The lowest BCUT2D eigenvalue weighted by molar-refractivity contribution is -0.136. The molecule has 2 rings (SSSR count). The highest BCUT2D eigenvalue weighted by Crippen LogP contribution is 2.13. The first-order chi connectivity index (χ1) is 10.5. The number of benzene rings is 1. The molecule has 6 nitrogen and oxygen atoms in total. The van der Waals surface area contributed by atoms with Crippen LogP contribution in [0.2, 0.25) is 0 Å². The van der Waals surface area contributed by atoms with Crippen molar-refractivity contribution >= 4 is 23.7 Å². The molecule has 0 spiro atoms. The lowest BCUT2D eigenvalue weighted by Gasteiger charge is -2.06. The van der Waals surface area contributed by atoms with Crippen molar-refractivity contribution in [3.05, 3.63) is 59.4 Å². The van der Waals surface area contributed by atoms with Crippen LogP contribution in [0.3, 0.4) is 0 Å². The van der Waals surface area contributed by atoms with E-state index in [1.807, 2.05) is 19.9 Å². The molecule has 0 aliphatic rings. The number of nitrogens with one attached hydrogen (secondary N) is 2. The van der Waals surface area contributed by atoms with Crippen molar-refractivity contribution in [1.29, 1.82) is 0 Å². The Morgan fingerprint density at radius 2 is 1.68 bits per heavy atom. The second-order valence-corrected chi connectivity index (χ2v) is 4.81. The molecule has 0 saturated carbocycles. The maximum atomic E-state index is 11.8. The summed E-state index contributed by atoms with van der Waals surface area (Å²) < 4.78 is 0. The Kier molecular flexibility index (Phi) is 4.98. The van der Waals surface area contributed by atoms with E-state index >= 15 is 0 Å². The molecule has 0 radical (unpaired) electrons. The Balaban J connectivity index is 1.92. The zero-order chi connectivity index (χ0) is 15.9. The number of carbonyl (C=O) groups is 2. The maximum Gasteiger partial charge on any atom is 0.329 e. The molecular formula is C16H16N4O2. The van der Waals surface area contributed by atoms with E-state index in [0.717, 1.165) is 16.7 Å². The summed E-state index contributed by atoms with van der Waals surface area (Å²) in [6.45, 7) is 3.84. The van der Waals surface area contributed by atoms with Crippen LogP contribution in [0.15, 0.2) is 47.8 Å². The van der Waals surface area contributed by atoms with E-state index in [1.54, 1.807) is 36.7 Å². The zero-order valence-electron chi connectivity index (χ0n) is 12.3. The minimum atomic E-state index is -0.829. The van der Waals surface area contributed by atoms with Crippen molar-refractivity contribution < 1.29 is 9.59 Å². The van der Waals surface area contributed by atoms with E-state index in [2.05, 4.69) is 20.8 Å². The second kappa shape index (κ2) is 7.12. The van der Waals surface area contributed by atoms with E-state index in [1.165, 1.54) is 6.21 Å². The number of rotatable bonds is 3. The van der Waals surface area contributed by atoms with Gasteiger partial charge in [0, 0.05) is 18.1 Å². The number of amides is 2. The summed E-state index contributed by atoms with van der Waals surface area (Å²) in [6.07, 6.45) is 4.65. The van der Waals surface area contributed by atoms with Crippen LogP contribution in [0.1, 0.15) is 16.7 Å². The molecule has 0 fully saturated rings. The largest absolute Gasteiger partial charge is 0.329 e. The van der Waals surface area contributed by atoms with Crippen molar-refractivity contribution in [1.82, 2.24) is 10.4 Å². The summed E-state index contributed by atoms with van der Waals surface area (Å²) in [4.78, 5) is 27.3. The molecule has 0 unspecified atom stereocenters. The Morgan fingerprint density at radius 3 is 2.32 bits per heavy atom. The number of carbonyl (C=O) groups excluding carboxylic acids is 2. The first kappa shape index (κ1) is 15.4. The van der Waals surface area contributed by atoms with Crippen LogP contribution >= 0.6 is 0 Å². The van der Waals surface area contributed by atoms with Gasteiger partial charge in [0.1, 0.15) is 0 Å².